The van der Waals surface area contributed by atoms with Gasteiger partial charge in [0.1, 0.15) is 0 Å². The largest absolute Gasteiger partial charge is 0.326 e. The maximum atomic E-state index is 5.59. The van der Waals surface area contributed by atoms with Gasteiger partial charge < -0.3 is 5.73 Å². The van der Waals surface area contributed by atoms with Crippen molar-refractivity contribution in [3.8, 4) is 11.1 Å². The second kappa shape index (κ2) is 4.10. The fourth-order valence-electron chi connectivity index (χ4n) is 2.00. The van der Waals surface area contributed by atoms with Crippen molar-refractivity contribution in [2.24, 2.45) is 12.8 Å². The third-order valence-electron chi connectivity index (χ3n) is 2.99. The van der Waals surface area contributed by atoms with Gasteiger partial charge in [0.05, 0.1) is 5.69 Å². The normalized spacial score (nSPS) is 10.8. The van der Waals surface area contributed by atoms with Crippen LogP contribution in [0, 0.1) is 13.8 Å². The maximum absolute atomic E-state index is 5.59. The van der Waals surface area contributed by atoms with E-state index < -0.39 is 0 Å². The first-order valence-electron chi connectivity index (χ1n) is 5.43. The molecule has 2 rings (SSSR count). The summed E-state index contributed by atoms with van der Waals surface area (Å²) in [5, 5.41) is 4.42. The molecular formula is C13H17N3. The summed E-state index contributed by atoms with van der Waals surface area (Å²) in [6, 6.07) is 8.36. The molecule has 0 radical (unpaired) electrons. The van der Waals surface area contributed by atoms with Crippen LogP contribution in [-0.4, -0.2) is 9.78 Å². The SMILES string of the molecule is Cc1nn(C)c(C)c1-c1ccc(CN)cc1. The molecule has 0 unspecified atom stereocenters. The van der Waals surface area contributed by atoms with E-state index in [2.05, 4.69) is 36.3 Å². The first kappa shape index (κ1) is 10.9. The third-order valence-corrected chi connectivity index (χ3v) is 2.99. The van der Waals surface area contributed by atoms with Crippen LogP contribution >= 0.6 is 0 Å². The average Bonchev–Trinajstić information content (AvgIpc) is 2.54. The molecule has 0 spiro atoms. The highest BCUT2D eigenvalue weighted by Crippen LogP contribution is 2.26. The summed E-state index contributed by atoms with van der Waals surface area (Å²) in [6.07, 6.45) is 0. The molecule has 84 valence electrons. The van der Waals surface area contributed by atoms with Crippen LogP contribution in [0.4, 0.5) is 0 Å². The van der Waals surface area contributed by atoms with Gasteiger partial charge in [0.2, 0.25) is 0 Å². The number of benzene rings is 1. The van der Waals surface area contributed by atoms with Gasteiger partial charge in [0, 0.05) is 24.8 Å². The van der Waals surface area contributed by atoms with Crippen molar-refractivity contribution < 1.29 is 0 Å². The summed E-state index contributed by atoms with van der Waals surface area (Å²) in [5.41, 5.74) is 11.4. The van der Waals surface area contributed by atoms with Crippen molar-refractivity contribution >= 4 is 0 Å². The van der Waals surface area contributed by atoms with E-state index in [1.807, 2.05) is 18.7 Å². The lowest BCUT2D eigenvalue weighted by Crippen LogP contribution is -1.95. The molecule has 0 atom stereocenters. The highest BCUT2D eigenvalue weighted by Gasteiger charge is 2.10. The molecule has 0 fully saturated rings. The van der Waals surface area contributed by atoms with Crippen LogP contribution in [0.25, 0.3) is 11.1 Å². The molecule has 0 aliphatic rings. The van der Waals surface area contributed by atoms with E-state index in [4.69, 9.17) is 5.73 Å². The highest BCUT2D eigenvalue weighted by atomic mass is 15.3. The second-order valence-corrected chi connectivity index (χ2v) is 4.07. The van der Waals surface area contributed by atoms with Crippen molar-refractivity contribution in [2.45, 2.75) is 20.4 Å². The number of aromatic nitrogens is 2. The Morgan fingerprint density at radius 3 is 2.25 bits per heavy atom. The van der Waals surface area contributed by atoms with Gasteiger partial charge in [-0.2, -0.15) is 5.10 Å². The van der Waals surface area contributed by atoms with Crippen LogP contribution in [-0.2, 0) is 13.6 Å². The van der Waals surface area contributed by atoms with E-state index in [1.165, 1.54) is 16.8 Å². The standard InChI is InChI=1S/C13H17N3/c1-9-13(10(2)16(3)15-9)12-6-4-11(8-14)5-7-12/h4-7H,8,14H2,1-3H3. The Kier molecular flexibility index (Phi) is 2.79. The lowest BCUT2D eigenvalue weighted by atomic mass is 10.0. The minimum absolute atomic E-state index is 0.589. The molecule has 0 aliphatic heterocycles. The van der Waals surface area contributed by atoms with Crippen molar-refractivity contribution in [2.75, 3.05) is 0 Å². The van der Waals surface area contributed by atoms with Crippen LogP contribution in [0.1, 0.15) is 17.0 Å². The lowest BCUT2D eigenvalue weighted by molar-refractivity contribution is 0.731. The Morgan fingerprint density at radius 2 is 1.81 bits per heavy atom. The molecule has 3 nitrogen and oxygen atoms in total. The van der Waals surface area contributed by atoms with Crippen molar-refractivity contribution in [1.82, 2.24) is 9.78 Å². The summed E-state index contributed by atoms with van der Waals surface area (Å²) in [6.45, 7) is 4.72. The molecule has 0 aliphatic carbocycles. The van der Waals surface area contributed by atoms with Crippen molar-refractivity contribution in [1.29, 1.82) is 0 Å². The first-order valence-corrected chi connectivity index (χ1v) is 5.43. The van der Waals surface area contributed by atoms with Gasteiger partial charge in [-0.3, -0.25) is 4.68 Å². The number of nitrogens with zero attached hydrogens (tertiary/aromatic N) is 2. The molecule has 1 heterocycles. The van der Waals surface area contributed by atoms with E-state index in [9.17, 15) is 0 Å². The number of rotatable bonds is 2. The maximum Gasteiger partial charge on any atom is 0.0674 e. The van der Waals surface area contributed by atoms with Crippen LogP contribution in [0.15, 0.2) is 24.3 Å². The van der Waals surface area contributed by atoms with Crippen molar-refractivity contribution in [3.63, 3.8) is 0 Å². The van der Waals surface area contributed by atoms with E-state index in [0.29, 0.717) is 6.54 Å². The summed E-state index contributed by atoms with van der Waals surface area (Å²) in [4.78, 5) is 0. The predicted molar refractivity (Wildman–Crippen MR) is 66.0 cm³/mol. The Labute approximate surface area is 95.9 Å². The molecule has 0 amide bonds. The fraction of sp³-hybridized carbons (Fsp3) is 0.308. The van der Waals surface area contributed by atoms with Crippen molar-refractivity contribution in [3.05, 3.63) is 41.2 Å². The van der Waals surface area contributed by atoms with Gasteiger partial charge in [-0.25, -0.2) is 0 Å². The smallest absolute Gasteiger partial charge is 0.0674 e. The Bertz CT molecular complexity index is 495. The minimum atomic E-state index is 0.589. The molecule has 1 aromatic heterocycles. The Hall–Kier alpha value is -1.61. The molecular weight excluding hydrogens is 198 g/mol. The van der Waals surface area contributed by atoms with E-state index in [1.54, 1.807) is 0 Å². The Morgan fingerprint density at radius 1 is 1.19 bits per heavy atom. The zero-order valence-electron chi connectivity index (χ0n) is 9.99. The summed E-state index contributed by atoms with van der Waals surface area (Å²) in [7, 11) is 1.97. The number of aryl methyl sites for hydroxylation is 2. The van der Waals surface area contributed by atoms with E-state index in [0.717, 1.165) is 11.3 Å². The first-order chi connectivity index (χ1) is 7.63. The molecule has 2 aromatic rings. The summed E-state index contributed by atoms with van der Waals surface area (Å²) >= 11 is 0. The zero-order valence-corrected chi connectivity index (χ0v) is 9.99. The molecule has 0 saturated carbocycles. The van der Waals surface area contributed by atoms with E-state index in [-0.39, 0.29) is 0 Å². The molecule has 3 heteroatoms. The van der Waals surface area contributed by atoms with Gasteiger partial charge in [-0.1, -0.05) is 24.3 Å². The van der Waals surface area contributed by atoms with Gasteiger partial charge in [-0.15, -0.1) is 0 Å². The van der Waals surface area contributed by atoms with Gasteiger partial charge in [-0.05, 0) is 25.0 Å². The average molecular weight is 215 g/mol. The molecule has 0 bridgehead atoms. The highest BCUT2D eigenvalue weighted by molar-refractivity contribution is 5.68. The minimum Gasteiger partial charge on any atom is -0.326 e. The van der Waals surface area contributed by atoms with Crippen LogP contribution in [0.2, 0.25) is 0 Å². The molecule has 2 N–H and O–H groups in total. The third kappa shape index (κ3) is 1.74. The number of hydrogen-bond acceptors (Lipinski definition) is 2. The summed E-state index contributed by atoms with van der Waals surface area (Å²) in [5.74, 6) is 0. The van der Waals surface area contributed by atoms with Crippen LogP contribution in [0.3, 0.4) is 0 Å². The fourth-order valence-corrected chi connectivity index (χ4v) is 2.00. The zero-order chi connectivity index (χ0) is 11.7. The van der Waals surface area contributed by atoms with Gasteiger partial charge in [0.15, 0.2) is 0 Å². The number of nitrogens with two attached hydrogens (primary N) is 1. The topological polar surface area (TPSA) is 43.8 Å². The monoisotopic (exact) mass is 215 g/mol. The van der Waals surface area contributed by atoms with Gasteiger partial charge in [0.25, 0.3) is 0 Å². The van der Waals surface area contributed by atoms with E-state index >= 15 is 0 Å². The molecule has 16 heavy (non-hydrogen) atoms. The quantitative estimate of drug-likeness (QED) is 0.834. The Balaban J connectivity index is 2.50. The van der Waals surface area contributed by atoms with Crippen LogP contribution in [0.5, 0.6) is 0 Å². The number of hydrogen-bond donors (Lipinski definition) is 1. The molecule has 0 saturated heterocycles. The predicted octanol–water partition coefficient (Wildman–Crippen LogP) is 2.16. The molecule has 1 aromatic carbocycles. The van der Waals surface area contributed by atoms with Gasteiger partial charge >= 0.3 is 0 Å². The second-order valence-electron chi connectivity index (χ2n) is 4.07. The summed E-state index contributed by atoms with van der Waals surface area (Å²) < 4.78 is 1.92. The van der Waals surface area contributed by atoms with Crippen LogP contribution < -0.4 is 5.73 Å². The lowest BCUT2D eigenvalue weighted by Gasteiger charge is -2.03.